The Hall–Kier alpha value is -2.53. The monoisotopic (exact) mass is 346 g/mol. The van der Waals surface area contributed by atoms with Crippen LogP contribution in [-0.2, 0) is 4.74 Å². The molecule has 1 heterocycles. The SMILES string of the molecule is CCN(CC)C(=Cn1ccccc1=O)OC(=O)c1ccc(Cl)cc1. The number of carbonyl (C=O) groups excluding carboxylic acids is 1. The number of rotatable bonds is 6. The van der Waals surface area contributed by atoms with Gasteiger partial charge in [0.05, 0.1) is 11.8 Å². The summed E-state index contributed by atoms with van der Waals surface area (Å²) in [6, 6.07) is 11.3. The lowest BCUT2D eigenvalue weighted by molar-refractivity contribution is 0.0512. The lowest BCUT2D eigenvalue weighted by atomic mass is 10.2. The highest BCUT2D eigenvalue weighted by molar-refractivity contribution is 6.30. The Kier molecular flexibility index (Phi) is 6.21. The molecule has 0 saturated carbocycles. The van der Waals surface area contributed by atoms with Crippen LogP contribution in [0.4, 0.5) is 0 Å². The minimum absolute atomic E-state index is 0.204. The topological polar surface area (TPSA) is 51.5 Å². The van der Waals surface area contributed by atoms with E-state index in [0.29, 0.717) is 29.6 Å². The Balaban J connectivity index is 2.33. The minimum atomic E-state index is -0.506. The summed E-state index contributed by atoms with van der Waals surface area (Å²) in [5.74, 6) is -0.193. The molecule has 126 valence electrons. The fraction of sp³-hybridized carbons (Fsp3) is 0.222. The standard InChI is InChI=1S/C18H19ClN2O3/c1-3-20(4-2)17(13-21-12-6-5-7-16(21)22)24-18(23)14-8-10-15(19)11-9-14/h5-13H,3-4H2,1-2H3. The van der Waals surface area contributed by atoms with Crippen molar-refractivity contribution in [3.05, 3.63) is 75.5 Å². The van der Waals surface area contributed by atoms with Gasteiger partial charge in [0.25, 0.3) is 5.56 Å². The lowest BCUT2D eigenvalue weighted by Gasteiger charge is -2.23. The molecule has 0 N–H and O–H groups in total. The maximum Gasteiger partial charge on any atom is 0.344 e. The Morgan fingerprint density at radius 1 is 1.17 bits per heavy atom. The van der Waals surface area contributed by atoms with E-state index in [1.807, 2.05) is 18.7 Å². The summed E-state index contributed by atoms with van der Waals surface area (Å²) in [5.41, 5.74) is 0.183. The molecule has 2 rings (SSSR count). The number of benzene rings is 1. The Labute approximate surface area is 145 Å². The Morgan fingerprint density at radius 3 is 2.42 bits per heavy atom. The van der Waals surface area contributed by atoms with Gasteiger partial charge in [-0.3, -0.25) is 9.36 Å². The van der Waals surface area contributed by atoms with Crippen LogP contribution in [0.3, 0.4) is 0 Å². The van der Waals surface area contributed by atoms with Gasteiger partial charge in [0.1, 0.15) is 0 Å². The number of pyridine rings is 1. The fourth-order valence-corrected chi connectivity index (χ4v) is 2.24. The normalized spacial score (nSPS) is 11.2. The predicted octanol–water partition coefficient (Wildman–Crippen LogP) is 3.46. The first-order valence-electron chi connectivity index (χ1n) is 7.66. The van der Waals surface area contributed by atoms with E-state index in [2.05, 4.69) is 0 Å². The van der Waals surface area contributed by atoms with E-state index in [4.69, 9.17) is 16.3 Å². The quantitative estimate of drug-likeness (QED) is 0.593. The summed E-state index contributed by atoms with van der Waals surface area (Å²) in [6.45, 7) is 5.16. The molecule has 24 heavy (non-hydrogen) atoms. The number of halogens is 1. The van der Waals surface area contributed by atoms with Gasteiger partial charge in [0.15, 0.2) is 0 Å². The average molecular weight is 347 g/mol. The van der Waals surface area contributed by atoms with E-state index in [1.165, 1.54) is 16.8 Å². The Morgan fingerprint density at radius 2 is 1.83 bits per heavy atom. The molecule has 0 aliphatic carbocycles. The van der Waals surface area contributed by atoms with Crippen LogP contribution in [0.1, 0.15) is 24.2 Å². The molecule has 0 aliphatic rings. The van der Waals surface area contributed by atoms with Crippen molar-refractivity contribution in [1.29, 1.82) is 0 Å². The molecule has 5 nitrogen and oxygen atoms in total. The molecule has 1 aromatic heterocycles. The van der Waals surface area contributed by atoms with Crippen molar-refractivity contribution in [2.75, 3.05) is 13.1 Å². The fourth-order valence-electron chi connectivity index (χ4n) is 2.11. The number of aromatic nitrogens is 1. The molecule has 0 unspecified atom stereocenters. The van der Waals surface area contributed by atoms with Crippen LogP contribution >= 0.6 is 11.6 Å². The van der Waals surface area contributed by atoms with Crippen LogP contribution in [0.5, 0.6) is 0 Å². The van der Waals surface area contributed by atoms with Gasteiger partial charge in [-0.1, -0.05) is 17.7 Å². The molecule has 6 heteroatoms. The summed E-state index contributed by atoms with van der Waals surface area (Å²) >= 11 is 5.83. The van der Waals surface area contributed by atoms with E-state index in [0.717, 1.165) is 0 Å². The Bertz CT molecular complexity index is 777. The second kappa shape index (κ2) is 8.36. The van der Waals surface area contributed by atoms with Crippen LogP contribution in [-0.4, -0.2) is 28.5 Å². The second-order valence-electron chi connectivity index (χ2n) is 4.98. The zero-order valence-electron chi connectivity index (χ0n) is 13.6. The van der Waals surface area contributed by atoms with Gasteiger partial charge in [-0.2, -0.15) is 0 Å². The maximum absolute atomic E-state index is 12.4. The van der Waals surface area contributed by atoms with Gasteiger partial charge >= 0.3 is 5.97 Å². The summed E-state index contributed by atoms with van der Waals surface area (Å²) in [4.78, 5) is 26.1. The van der Waals surface area contributed by atoms with E-state index < -0.39 is 5.97 Å². The van der Waals surface area contributed by atoms with Gasteiger partial charge in [0.2, 0.25) is 5.88 Å². The third kappa shape index (κ3) is 4.49. The number of carbonyl (C=O) groups is 1. The van der Waals surface area contributed by atoms with Gasteiger partial charge < -0.3 is 9.64 Å². The van der Waals surface area contributed by atoms with Gasteiger partial charge in [-0.25, -0.2) is 4.79 Å². The van der Waals surface area contributed by atoms with Crippen LogP contribution in [0, 0.1) is 0 Å². The lowest BCUT2D eigenvalue weighted by Crippen LogP contribution is -2.27. The van der Waals surface area contributed by atoms with Crippen LogP contribution in [0.2, 0.25) is 5.02 Å². The summed E-state index contributed by atoms with van der Waals surface area (Å²) < 4.78 is 6.90. The zero-order valence-corrected chi connectivity index (χ0v) is 14.4. The molecular formula is C18H19ClN2O3. The highest BCUT2D eigenvalue weighted by Gasteiger charge is 2.15. The van der Waals surface area contributed by atoms with E-state index in [-0.39, 0.29) is 5.56 Å². The summed E-state index contributed by atoms with van der Waals surface area (Å²) in [7, 11) is 0. The molecule has 0 saturated heterocycles. The van der Waals surface area contributed by atoms with Crippen molar-refractivity contribution in [1.82, 2.24) is 9.47 Å². The molecular weight excluding hydrogens is 328 g/mol. The maximum atomic E-state index is 12.4. The number of ether oxygens (including phenoxy) is 1. The largest absolute Gasteiger partial charge is 0.404 e. The van der Waals surface area contributed by atoms with Crippen molar-refractivity contribution in [2.45, 2.75) is 13.8 Å². The molecule has 2 aromatic rings. The number of hydrogen-bond acceptors (Lipinski definition) is 4. The van der Waals surface area contributed by atoms with Crippen molar-refractivity contribution in [3.63, 3.8) is 0 Å². The second-order valence-corrected chi connectivity index (χ2v) is 5.42. The highest BCUT2D eigenvalue weighted by atomic mass is 35.5. The first kappa shape index (κ1) is 17.8. The minimum Gasteiger partial charge on any atom is -0.404 e. The average Bonchev–Trinajstić information content (AvgIpc) is 2.58. The molecule has 0 spiro atoms. The summed E-state index contributed by atoms with van der Waals surface area (Å²) in [5, 5.41) is 0.543. The smallest absolute Gasteiger partial charge is 0.344 e. The van der Waals surface area contributed by atoms with E-state index >= 15 is 0 Å². The van der Waals surface area contributed by atoms with Gasteiger partial charge in [0, 0.05) is 30.4 Å². The summed E-state index contributed by atoms with van der Waals surface area (Å²) in [6.07, 6.45) is 3.13. The van der Waals surface area contributed by atoms with Gasteiger partial charge in [-0.05, 0) is 44.2 Å². The number of hydrogen-bond donors (Lipinski definition) is 0. The predicted molar refractivity (Wildman–Crippen MR) is 94.8 cm³/mol. The van der Waals surface area contributed by atoms with Crippen molar-refractivity contribution >= 4 is 23.8 Å². The third-order valence-corrected chi connectivity index (χ3v) is 3.70. The molecule has 1 aromatic carbocycles. The van der Waals surface area contributed by atoms with E-state index in [1.54, 1.807) is 42.6 Å². The molecule has 0 fully saturated rings. The van der Waals surface area contributed by atoms with Crippen LogP contribution in [0.15, 0.2) is 59.3 Å². The molecule has 0 bridgehead atoms. The number of nitrogens with zero attached hydrogens (tertiary/aromatic N) is 2. The van der Waals surface area contributed by atoms with Crippen molar-refractivity contribution in [3.8, 4) is 0 Å². The molecule has 0 amide bonds. The first-order chi connectivity index (χ1) is 11.5. The zero-order chi connectivity index (χ0) is 17.5. The first-order valence-corrected chi connectivity index (χ1v) is 8.04. The molecule has 0 radical (unpaired) electrons. The third-order valence-electron chi connectivity index (χ3n) is 3.45. The molecule has 0 aliphatic heterocycles. The van der Waals surface area contributed by atoms with E-state index in [9.17, 15) is 9.59 Å². The van der Waals surface area contributed by atoms with Gasteiger partial charge in [-0.15, -0.1) is 0 Å². The molecule has 0 atom stereocenters. The van der Waals surface area contributed by atoms with Crippen molar-refractivity contribution < 1.29 is 9.53 Å². The van der Waals surface area contributed by atoms with Crippen LogP contribution < -0.4 is 5.56 Å². The van der Waals surface area contributed by atoms with Crippen LogP contribution in [0.25, 0.3) is 6.20 Å². The highest BCUT2D eigenvalue weighted by Crippen LogP contribution is 2.14. The number of esters is 1. The van der Waals surface area contributed by atoms with Crippen molar-refractivity contribution in [2.24, 2.45) is 0 Å².